The highest BCUT2D eigenvalue weighted by molar-refractivity contribution is 6.15. The van der Waals surface area contributed by atoms with Crippen molar-refractivity contribution in [1.82, 2.24) is 15.1 Å². The maximum absolute atomic E-state index is 13.2. The van der Waals surface area contributed by atoms with Gasteiger partial charge in [0.15, 0.2) is 5.76 Å². The lowest BCUT2D eigenvalue weighted by atomic mass is 10.0. The van der Waals surface area contributed by atoms with Gasteiger partial charge in [-0.15, -0.1) is 0 Å². The molecule has 146 valence electrons. The van der Waals surface area contributed by atoms with Crippen LogP contribution in [0.2, 0.25) is 0 Å². The molecule has 0 aliphatic heterocycles. The Bertz CT molecular complexity index is 1320. The summed E-state index contributed by atoms with van der Waals surface area (Å²) >= 11 is 0. The summed E-state index contributed by atoms with van der Waals surface area (Å²) in [4.78, 5) is 22.0. The summed E-state index contributed by atoms with van der Waals surface area (Å²) in [6.45, 7) is 1.93. The number of nitrogens with one attached hydrogen (secondary N) is 1. The molecule has 0 atom stereocenters. The second-order valence-electron chi connectivity index (χ2n) is 6.78. The molecule has 0 radical (unpaired) electrons. The molecule has 1 amide bonds. The zero-order valence-electron chi connectivity index (χ0n) is 16.0. The van der Waals surface area contributed by atoms with Crippen LogP contribution in [0.15, 0.2) is 82.1 Å². The van der Waals surface area contributed by atoms with Crippen LogP contribution in [-0.2, 0) is 0 Å². The molecular weight excluding hydrogens is 380 g/mol. The molecule has 5 aromatic rings. The van der Waals surface area contributed by atoms with Gasteiger partial charge in [0.05, 0.1) is 17.2 Å². The van der Waals surface area contributed by atoms with Crippen molar-refractivity contribution < 1.29 is 13.7 Å². The largest absolute Gasteiger partial charge is 0.463 e. The number of hydrogen-bond donors (Lipinski definition) is 1. The summed E-state index contributed by atoms with van der Waals surface area (Å²) in [5, 5.41) is 7.56. The second kappa shape index (κ2) is 7.29. The zero-order valence-corrected chi connectivity index (χ0v) is 16.0. The average molecular weight is 396 g/mol. The monoisotopic (exact) mass is 396 g/mol. The number of carbonyl (C=O) groups excluding carboxylic acids is 1. The van der Waals surface area contributed by atoms with Gasteiger partial charge in [-0.1, -0.05) is 41.6 Å². The van der Waals surface area contributed by atoms with Gasteiger partial charge in [-0.2, -0.15) is 0 Å². The Hall–Kier alpha value is -4.26. The molecule has 1 aromatic carbocycles. The van der Waals surface area contributed by atoms with Crippen LogP contribution in [0.1, 0.15) is 15.9 Å². The van der Waals surface area contributed by atoms with E-state index in [1.54, 1.807) is 36.7 Å². The van der Waals surface area contributed by atoms with Crippen molar-refractivity contribution in [2.75, 3.05) is 5.32 Å². The van der Waals surface area contributed by atoms with Gasteiger partial charge in [-0.05, 0) is 36.8 Å². The molecule has 7 heteroatoms. The molecule has 0 bridgehead atoms. The number of fused-ring (bicyclic) bond motifs is 1. The maximum atomic E-state index is 13.2. The summed E-state index contributed by atoms with van der Waals surface area (Å²) in [5.74, 6) is 0.636. The molecule has 0 spiro atoms. The molecule has 0 saturated carbocycles. The Kier molecular flexibility index (Phi) is 4.33. The molecule has 0 fully saturated rings. The van der Waals surface area contributed by atoms with Crippen LogP contribution in [-0.4, -0.2) is 21.0 Å². The van der Waals surface area contributed by atoms with Crippen LogP contribution in [0.25, 0.3) is 33.8 Å². The van der Waals surface area contributed by atoms with Crippen molar-refractivity contribution in [2.24, 2.45) is 0 Å². The van der Waals surface area contributed by atoms with Gasteiger partial charge in [0.1, 0.15) is 17.2 Å². The highest BCUT2D eigenvalue weighted by atomic mass is 16.5. The molecule has 30 heavy (non-hydrogen) atoms. The molecule has 1 N–H and O–H groups in total. The molecular formula is C23H16N4O3. The summed E-state index contributed by atoms with van der Waals surface area (Å²) in [5.41, 5.74) is 3.48. The van der Waals surface area contributed by atoms with E-state index in [0.29, 0.717) is 33.9 Å². The second-order valence-corrected chi connectivity index (χ2v) is 6.78. The number of nitrogens with zero attached hydrogens (tertiary/aromatic N) is 3. The number of amides is 1. The van der Waals surface area contributed by atoms with E-state index in [0.717, 1.165) is 11.1 Å². The predicted octanol–water partition coefficient (Wildman–Crippen LogP) is 5.11. The third-order valence-electron chi connectivity index (χ3n) is 4.66. The fraction of sp³-hybridized carbons (Fsp3) is 0.0435. The third kappa shape index (κ3) is 3.22. The first-order valence-electron chi connectivity index (χ1n) is 9.33. The minimum absolute atomic E-state index is 0.254. The number of furan rings is 1. The van der Waals surface area contributed by atoms with Crippen LogP contribution < -0.4 is 5.32 Å². The van der Waals surface area contributed by atoms with Crippen molar-refractivity contribution in [3.8, 4) is 22.7 Å². The predicted molar refractivity (Wildman–Crippen MR) is 112 cm³/mol. The number of aromatic nitrogens is 3. The standard InChI is InChI=1S/C23H16N4O3/c1-14-9-10-19(24-13-14)26-22(28)16-12-17(18-8-5-11-29-18)25-23-20(16)21(27-30-23)15-6-3-2-4-7-15/h2-13H,1H3,(H,24,26,28). The van der Waals surface area contributed by atoms with E-state index in [4.69, 9.17) is 8.94 Å². The van der Waals surface area contributed by atoms with E-state index in [2.05, 4.69) is 20.4 Å². The van der Waals surface area contributed by atoms with E-state index in [1.807, 2.05) is 43.3 Å². The Morgan fingerprint density at radius 3 is 2.63 bits per heavy atom. The Balaban J connectivity index is 1.67. The Morgan fingerprint density at radius 1 is 1.03 bits per heavy atom. The quantitative estimate of drug-likeness (QED) is 0.454. The fourth-order valence-electron chi connectivity index (χ4n) is 3.20. The first-order chi connectivity index (χ1) is 14.7. The van der Waals surface area contributed by atoms with Crippen molar-refractivity contribution in [3.05, 3.63) is 84.3 Å². The molecule has 4 aromatic heterocycles. The number of carbonyl (C=O) groups is 1. The summed E-state index contributed by atoms with van der Waals surface area (Å²) < 4.78 is 11.0. The summed E-state index contributed by atoms with van der Waals surface area (Å²) in [7, 11) is 0. The van der Waals surface area contributed by atoms with E-state index < -0.39 is 0 Å². The summed E-state index contributed by atoms with van der Waals surface area (Å²) in [6, 6.07) is 18.4. The van der Waals surface area contributed by atoms with E-state index in [1.165, 1.54) is 0 Å². The first kappa shape index (κ1) is 17.8. The molecule has 0 aliphatic rings. The van der Waals surface area contributed by atoms with Crippen molar-refractivity contribution in [3.63, 3.8) is 0 Å². The minimum atomic E-state index is -0.341. The number of anilines is 1. The molecule has 0 aliphatic carbocycles. The number of benzene rings is 1. The van der Waals surface area contributed by atoms with Gasteiger partial charge < -0.3 is 14.3 Å². The number of hydrogen-bond acceptors (Lipinski definition) is 6. The highest BCUT2D eigenvalue weighted by Gasteiger charge is 2.23. The van der Waals surface area contributed by atoms with Crippen molar-refractivity contribution in [1.29, 1.82) is 0 Å². The van der Waals surface area contributed by atoms with E-state index in [9.17, 15) is 4.79 Å². The summed E-state index contributed by atoms with van der Waals surface area (Å²) in [6.07, 6.45) is 3.24. The van der Waals surface area contributed by atoms with Gasteiger partial charge in [0.2, 0.25) is 0 Å². The van der Waals surface area contributed by atoms with Gasteiger partial charge in [-0.3, -0.25) is 4.79 Å². The molecule has 0 saturated heterocycles. The zero-order chi connectivity index (χ0) is 20.5. The number of pyridine rings is 2. The Morgan fingerprint density at radius 2 is 1.90 bits per heavy atom. The van der Waals surface area contributed by atoms with E-state index >= 15 is 0 Å². The molecule has 0 unspecified atom stereocenters. The van der Waals surface area contributed by atoms with Crippen LogP contribution in [0.4, 0.5) is 5.82 Å². The number of aryl methyl sites for hydroxylation is 1. The van der Waals surface area contributed by atoms with Crippen LogP contribution in [0.5, 0.6) is 0 Å². The topological polar surface area (TPSA) is 94.1 Å². The third-order valence-corrected chi connectivity index (χ3v) is 4.66. The van der Waals surface area contributed by atoms with Gasteiger partial charge in [-0.25, -0.2) is 9.97 Å². The average Bonchev–Trinajstić information content (AvgIpc) is 3.45. The van der Waals surface area contributed by atoms with Crippen LogP contribution >= 0.6 is 0 Å². The molecule has 7 nitrogen and oxygen atoms in total. The van der Waals surface area contributed by atoms with Gasteiger partial charge in [0, 0.05) is 11.8 Å². The van der Waals surface area contributed by atoms with Crippen molar-refractivity contribution in [2.45, 2.75) is 6.92 Å². The van der Waals surface area contributed by atoms with Gasteiger partial charge in [0.25, 0.3) is 11.6 Å². The molecule has 5 rings (SSSR count). The first-order valence-corrected chi connectivity index (χ1v) is 9.33. The minimum Gasteiger partial charge on any atom is -0.463 e. The lowest BCUT2D eigenvalue weighted by Crippen LogP contribution is -2.14. The van der Waals surface area contributed by atoms with Gasteiger partial charge >= 0.3 is 0 Å². The molecule has 4 heterocycles. The lowest BCUT2D eigenvalue weighted by molar-refractivity contribution is 0.102. The SMILES string of the molecule is Cc1ccc(NC(=O)c2cc(-c3ccco3)nc3onc(-c4ccccc4)c23)nc1. The fourth-order valence-corrected chi connectivity index (χ4v) is 3.20. The normalized spacial score (nSPS) is 11.0. The smallest absolute Gasteiger partial charge is 0.259 e. The number of rotatable bonds is 4. The van der Waals surface area contributed by atoms with Crippen molar-refractivity contribution >= 4 is 22.8 Å². The lowest BCUT2D eigenvalue weighted by Gasteiger charge is -2.08. The highest BCUT2D eigenvalue weighted by Crippen LogP contribution is 2.33. The Labute approximate surface area is 171 Å². The van der Waals surface area contributed by atoms with E-state index in [-0.39, 0.29) is 11.6 Å². The maximum Gasteiger partial charge on any atom is 0.259 e. The van der Waals surface area contributed by atoms with Crippen LogP contribution in [0.3, 0.4) is 0 Å². The van der Waals surface area contributed by atoms with Crippen LogP contribution in [0, 0.1) is 6.92 Å².